The number of carbonyl (C=O) groups is 2. The summed E-state index contributed by atoms with van der Waals surface area (Å²) in [5.41, 5.74) is 0.724. The minimum Gasteiger partial charge on any atom is -0.454 e. The molecule has 0 bridgehead atoms. The third kappa shape index (κ3) is 3.63. The predicted octanol–water partition coefficient (Wildman–Crippen LogP) is 3.47. The van der Waals surface area contributed by atoms with Gasteiger partial charge in [-0.1, -0.05) is 12.1 Å². The van der Waals surface area contributed by atoms with Crippen molar-refractivity contribution in [3.05, 3.63) is 69.0 Å². The first-order valence-corrected chi connectivity index (χ1v) is 6.86. The molecule has 0 heterocycles. The number of esters is 1. The third-order valence-corrected chi connectivity index (χ3v) is 3.54. The van der Waals surface area contributed by atoms with Gasteiger partial charge in [-0.3, -0.25) is 4.79 Å². The molecule has 0 spiro atoms. The van der Waals surface area contributed by atoms with Crippen LogP contribution >= 0.6 is 22.6 Å². The van der Waals surface area contributed by atoms with Gasteiger partial charge in [0, 0.05) is 9.13 Å². The van der Waals surface area contributed by atoms with E-state index in [0.29, 0.717) is 11.1 Å². The lowest BCUT2D eigenvalue weighted by molar-refractivity contribution is 0.0473. The highest BCUT2D eigenvalue weighted by molar-refractivity contribution is 14.1. The lowest BCUT2D eigenvalue weighted by atomic mass is 10.1. The molecule has 0 amide bonds. The number of benzene rings is 2. The molecular formula is C15H10FIO3. The van der Waals surface area contributed by atoms with Gasteiger partial charge in [-0.15, -0.1) is 0 Å². The molecule has 0 aliphatic rings. The van der Waals surface area contributed by atoms with Gasteiger partial charge in [0.1, 0.15) is 5.82 Å². The summed E-state index contributed by atoms with van der Waals surface area (Å²) in [5.74, 6) is -1.34. The van der Waals surface area contributed by atoms with E-state index in [4.69, 9.17) is 4.74 Å². The van der Waals surface area contributed by atoms with Crippen LogP contribution in [0, 0.1) is 9.39 Å². The monoisotopic (exact) mass is 384 g/mol. The van der Waals surface area contributed by atoms with Crippen LogP contribution in [0.2, 0.25) is 0 Å². The summed E-state index contributed by atoms with van der Waals surface area (Å²) in [6, 6.07) is 12.0. The van der Waals surface area contributed by atoms with Crippen molar-refractivity contribution in [2.24, 2.45) is 0 Å². The predicted molar refractivity (Wildman–Crippen MR) is 80.2 cm³/mol. The van der Waals surface area contributed by atoms with Gasteiger partial charge in [0.25, 0.3) is 0 Å². The average Bonchev–Trinajstić information content (AvgIpc) is 2.45. The Labute approximate surface area is 128 Å². The summed E-state index contributed by atoms with van der Waals surface area (Å²) in [4.78, 5) is 23.6. The third-order valence-electron chi connectivity index (χ3n) is 2.59. The molecule has 0 aromatic heterocycles. The Morgan fingerprint density at radius 1 is 1.05 bits per heavy atom. The molecular weight excluding hydrogens is 374 g/mol. The molecule has 3 nitrogen and oxygen atoms in total. The molecule has 0 aliphatic carbocycles. The molecule has 102 valence electrons. The normalized spacial score (nSPS) is 10.1. The highest BCUT2D eigenvalue weighted by Gasteiger charge is 2.13. The van der Waals surface area contributed by atoms with Gasteiger partial charge in [0.05, 0.1) is 5.56 Å². The van der Waals surface area contributed by atoms with Crippen LogP contribution in [-0.4, -0.2) is 18.4 Å². The van der Waals surface area contributed by atoms with E-state index >= 15 is 0 Å². The van der Waals surface area contributed by atoms with Crippen molar-refractivity contribution in [3.63, 3.8) is 0 Å². The van der Waals surface area contributed by atoms with E-state index in [1.165, 1.54) is 24.3 Å². The molecule has 0 saturated carbocycles. The molecule has 2 aromatic rings. The molecule has 0 radical (unpaired) electrons. The van der Waals surface area contributed by atoms with Gasteiger partial charge in [-0.25, -0.2) is 9.18 Å². The molecule has 5 heteroatoms. The molecule has 0 saturated heterocycles. The van der Waals surface area contributed by atoms with Crippen LogP contribution in [0.15, 0.2) is 48.5 Å². The van der Waals surface area contributed by atoms with Crippen LogP contribution in [-0.2, 0) is 4.74 Å². The van der Waals surface area contributed by atoms with Crippen LogP contribution in [0.5, 0.6) is 0 Å². The maximum atomic E-state index is 12.7. The second kappa shape index (κ2) is 6.60. The number of Topliss-reactive ketones (excluding diaryl/α,β-unsaturated/α-hetero) is 1. The second-order valence-corrected chi connectivity index (χ2v) is 5.15. The zero-order chi connectivity index (χ0) is 14.5. The highest BCUT2D eigenvalue weighted by atomic mass is 127. The van der Waals surface area contributed by atoms with Crippen molar-refractivity contribution in [2.75, 3.05) is 6.61 Å². The fourth-order valence-electron chi connectivity index (χ4n) is 1.55. The van der Waals surface area contributed by atoms with Crippen LogP contribution in [0.1, 0.15) is 20.7 Å². The number of ketones is 1. The summed E-state index contributed by atoms with van der Waals surface area (Å²) in [6.07, 6.45) is 0. The van der Waals surface area contributed by atoms with Crippen LogP contribution < -0.4 is 0 Å². The fourth-order valence-corrected chi connectivity index (χ4v) is 2.16. The SMILES string of the molecule is O=C(COC(=O)c1ccccc1I)c1ccc(F)cc1. The van der Waals surface area contributed by atoms with E-state index in [9.17, 15) is 14.0 Å². The Morgan fingerprint density at radius 3 is 2.35 bits per heavy atom. The van der Waals surface area contributed by atoms with Crippen LogP contribution in [0.25, 0.3) is 0 Å². The molecule has 0 fully saturated rings. The van der Waals surface area contributed by atoms with Gasteiger partial charge >= 0.3 is 5.97 Å². The summed E-state index contributed by atoms with van der Waals surface area (Å²) < 4.78 is 18.5. The van der Waals surface area contributed by atoms with Gasteiger partial charge in [0.2, 0.25) is 0 Å². The molecule has 2 aromatic carbocycles. The van der Waals surface area contributed by atoms with E-state index in [1.54, 1.807) is 18.2 Å². The van der Waals surface area contributed by atoms with Crippen molar-refractivity contribution in [1.29, 1.82) is 0 Å². The van der Waals surface area contributed by atoms with Gasteiger partial charge in [-0.2, -0.15) is 0 Å². The summed E-state index contributed by atoms with van der Waals surface area (Å²) in [6.45, 7) is -0.366. The van der Waals surface area contributed by atoms with E-state index in [1.807, 2.05) is 28.7 Å². The largest absolute Gasteiger partial charge is 0.454 e. The zero-order valence-corrected chi connectivity index (χ0v) is 12.5. The second-order valence-electron chi connectivity index (χ2n) is 3.99. The first-order valence-electron chi connectivity index (χ1n) is 5.78. The fraction of sp³-hybridized carbons (Fsp3) is 0.0667. The number of hydrogen-bond acceptors (Lipinski definition) is 3. The lowest BCUT2D eigenvalue weighted by Gasteiger charge is -2.05. The lowest BCUT2D eigenvalue weighted by Crippen LogP contribution is -2.15. The van der Waals surface area contributed by atoms with E-state index in [0.717, 1.165) is 3.57 Å². The maximum Gasteiger partial charge on any atom is 0.339 e. The summed E-state index contributed by atoms with van der Waals surface area (Å²) >= 11 is 2.02. The van der Waals surface area contributed by atoms with Gasteiger partial charge in [-0.05, 0) is 59.0 Å². The van der Waals surface area contributed by atoms with E-state index in [2.05, 4.69) is 0 Å². The summed E-state index contributed by atoms with van der Waals surface area (Å²) in [7, 11) is 0. The van der Waals surface area contributed by atoms with Crippen LogP contribution in [0.4, 0.5) is 4.39 Å². The van der Waals surface area contributed by atoms with Crippen molar-refractivity contribution in [3.8, 4) is 0 Å². The first kappa shape index (κ1) is 14.6. The van der Waals surface area contributed by atoms with Crippen molar-refractivity contribution in [1.82, 2.24) is 0 Å². The Kier molecular flexibility index (Phi) is 4.84. The number of rotatable bonds is 4. The molecule has 20 heavy (non-hydrogen) atoms. The van der Waals surface area contributed by atoms with E-state index < -0.39 is 11.8 Å². The van der Waals surface area contributed by atoms with Gasteiger partial charge < -0.3 is 4.74 Å². The minimum absolute atomic E-state index is 0.307. The highest BCUT2D eigenvalue weighted by Crippen LogP contribution is 2.13. The Balaban J connectivity index is 1.99. The Hall–Kier alpha value is -1.76. The first-order chi connectivity index (χ1) is 9.58. The molecule has 2 rings (SSSR count). The minimum atomic E-state index is -0.550. The zero-order valence-electron chi connectivity index (χ0n) is 10.3. The molecule has 0 N–H and O–H groups in total. The Bertz CT molecular complexity index is 638. The number of hydrogen-bond donors (Lipinski definition) is 0. The van der Waals surface area contributed by atoms with Crippen molar-refractivity contribution >= 4 is 34.3 Å². The number of ether oxygens (including phenoxy) is 1. The molecule has 0 unspecified atom stereocenters. The smallest absolute Gasteiger partial charge is 0.339 e. The Morgan fingerprint density at radius 2 is 1.70 bits per heavy atom. The quantitative estimate of drug-likeness (QED) is 0.461. The average molecular weight is 384 g/mol. The standard InChI is InChI=1S/C15H10FIO3/c16-11-7-5-10(6-8-11)14(18)9-20-15(19)12-3-1-2-4-13(12)17/h1-8H,9H2. The van der Waals surface area contributed by atoms with Crippen molar-refractivity contribution < 1.29 is 18.7 Å². The molecule has 0 atom stereocenters. The number of carbonyl (C=O) groups excluding carboxylic acids is 2. The molecule has 0 aliphatic heterocycles. The summed E-state index contributed by atoms with van der Waals surface area (Å²) in [5, 5.41) is 0. The van der Waals surface area contributed by atoms with Gasteiger partial charge in [0.15, 0.2) is 12.4 Å². The van der Waals surface area contributed by atoms with E-state index in [-0.39, 0.29) is 12.4 Å². The number of halogens is 2. The van der Waals surface area contributed by atoms with Crippen molar-refractivity contribution in [2.45, 2.75) is 0 Å². The topological polar surface area (TPSA) is 43.4 Å². The van der Waals surface area contributed by atoms with Crippen LogP contribution in [0.3, 0.4) is 0 Å². The maximum absolute atomic E-state index is 12.7.